The van der Waals surface area contributed by atoms with E-state index in [0.29, 0.717) is 33.1 Å². The van der Waals surface area contributed by atoms with Crippen LogP contribution in [0.4, 0.5) is 0 Å². The maximum atomic E-state index is 13.0. The molecule has 25 heavy (non-hydrogen) atoms. The normalized spacial score (nSPS) is 10.8. The molecule has 0 bridgehead atoms. The Hall–Kier alpha value is -2.79. The van der Waals surface area contributed by atoms with Crippen LogP contribution in [0.2, 0.25) is 5.02 Å². The van der Waals surface area contributed by atoms with E-state index in [1.54, 1.807) is 61.1 Å². The fraction of sp³-hybridized carbons (Fsp3) is 0.158. The second-order valence-electron chi connectivity index (χ2n) is 5.69. The molecule has 0 radical (unpaired) electrons. The number of aromatic nitrogens is 1. The van der Waals surface area contributed by atoms with Gasteiger partial charge in [0, 0.05) is 26.5 Å². The van der Waals surface area contributed by atoms with Crippen molar-refractivity contribution in [2.24, 2.45) is 0 Å². The van der Waals surface area contributed by atoms with Crippen LogP contribution in [-0.4, -0.2) is 28.7 Å². The van der Waals surface area contributed by atoms with E-state index in [4.69, 9.17) is 21.4 Å². The second-order valence-corrected chi connectivity index (χ2v) is 6.13. The number of ether oxygens (including phenoxy) is 1. The number of carbonyl (C=O) groups excluding carboxylic acids is 2. The lowest BCUT2D eigenvalue weighted by Gasteiger charge is -2.08. The van der Waals surface area contributed by atoms with Crippen molar-refractivity contribution >= 4 is 34.4 Å². The van der Waals surface area contributed by atoms with Crippen molar-refractivity contribution in [3.05, 3.63) is 64.3 Å². The number of hydrogen-bond acceptors (Lipinski definition) is 3. The van der Waals surface area contributed by atoms with E-state index in [-0.39, 0.29) is 12.3 Å². The Morgan fingerprint density at radius 1 is 1.16 bits per heavy atom. The maximum absolute atomic E-state index is 13.0. The summed E-state index contributed by atoms with van der Waals surface area (Å²) in [5, 5.41) is 8.60. The zero-order valence-corrected chi connectivity index (χ0v) is 14.6. The van der Waals surface area contributed by atoms with E-state index in [1.165, 1.54) is 0 Å². The lowest BCUT2D eigenvalue weighted by atomic mass is 10.1. The minimum atomic E-state index is -0.705. The van der Waals surface area contributed by atoms with Crippen molar-refractivity contribution in [3.63, 3.8) is 0 Å². The summed E-state index contributed by atoms with van der Waals surface area (Å²) >= 11 is 5.89. The minimum Gasteiger partial charge on any atom is -0.564 e. The molecule has 0 unspecified atom stereocenters. The summed E-state index contributed by atoms with van der Waals surface area (Å²) in [6.45, 7) is 1.78. The number of hydrogen-bond donors (Lipinski definition) is 0. The molecule has 128 valence electrons. The second kappa shape index (κ2) is 6.61. The monoisotopic (exact) mass is 358 g/mol. The number of halogens is 1. The first-order valence-electron chi connectivity index (χ1n) is 7.65. The number of benzene rings is 2. The Bertz CT molecular complexity index is 973. The maximum Gasteiger partial charge on any atom is 0.520 e. The Morgan fingerprint density at radius 2 is 1.84 bits per heavy atom. The van der Waals surface area contributed by atoms with Crippen LogP contribution in [0.25, 0.3) is 10.9 Å². The zero-order chi connectivity index (χ0) is 18.1. The van der Waals surface area contributed by atoms with Gasteiger partial charge in [-0.2, -0.15) is 0 Å². The molecule has 0 aliphatic heterocycles. The number of methoxy groups -OCH3 is 1. The van der Waals surface area contributed by atoms with Gasteiger partial charge in [-0.25, -0.2) is 0 Å². The fourth-order valence-corrected chi connectivity index (χ4v) is 3.08. The predicted octanol–water partition coefficient (Wildman–Crippen LogP) is 3.09. The average molecular weight is 359 g/mol. The Kier molecular flexibility index (Phi) is 4.51. The number of fused-ring (bicyclic) bond motifs is 1. The topological polar surface area (TPSA) is 71.2 Å². The number of rotatable bonds is 4. The van der Waals surface area contributed by atoms with Crippen LogP contribution in [-0.2, 0) is 11.2 Å². The van der Waals surface area contributed by atoms with Crippen molar-refractivity contribution in [2.45, 2.75) is 13.3 Å². The van der Waals surface area contributed by atoms with E-state index in [9.17, 15) is 9.59 Å². The molecule has 0 spiro atoms. The van der Waals surface area contributed by atoms with Gasteiger partial charge in [0.05, 0.1) is 12.6 Å². The van der Waals surface area contributed by atoms with Crippen LogP contribution in [0, 0.1) is 6.92 Å². The summed E-state index contributed by atoms with van der Waals surface area (Å²) in [6, 6.07) is 12.0. The van der Waals surface area contributed by atoms with E-state index in [0.717, 1.165) is 5.39 Å². The highest BCUT2D eigenvalue weighted by Crippen LogP contribution is 2.30. The van der Waals surface area contributed by atoms with Gasteiger partial charge in [-0.3, -0.25) is 9.36 Å². The molecule has 0 atom stereocenters. The first-order valence-corrected chi connectivity index (χ1v) is 8.02. The van der Waals surface area contributed by atoms with Crippen molar-refractivity contribution < 1.29 is 19.4 Å². The van der Waals surface area contributed by atoms with Crippen molar-refractivity contribution in [1.82, 2.24) is 4.57 Å². The minimum absolute atomic E-state index is 0.0591. The number of nitrogens with zero attached hydrogens (tertiary/aromatic N) is 1. The summed E-state index contributed by atoms with van der Waals surface area (Å²) in [5.74, 6) is -0.292. The van der Waals surface area contributed by atoms with Crippen LogP contribution in [0.1, 0.15) is 21.6 Å². The van der Waals surface area contributed by atoms with Crippen molar-refractivity contribution in [2.75, 3.05) is 7.11 Å². The highest BCUT2D eigenvalue weighted by molar-refractivity contribution is 6.30. The molecule has 0 fully saturated rings. The molecule has 3 rings (SSSR count). The standard InChI is InChI=1S/C19H16ClNO4/c1-11-15(10-18(22)23)16-9-14(25-2)7-8-17(16)21(11)19(24)12-3-5-13(20)6-4-12/h3-9H,10H2,1-2H3,(H,22,23)/p+1. The van der Waals surface area contributed by atoms with E-state index >= 15 is 0 Å². The molecule has 0 amide bonds. The molecule has 1 aromatic heterocycles. The van der Waals surface area contributed by atoms with Crippen LogP contribution in [0.15, 0.2) is 42.5 Å². The molecule has 0 aliphatic rings. The Morgan fingerprint density at radius 3 is 2.44 bits per heavy atom. The first-order chi connectivity index (χ1) is 11.9. The van der Waals surface area contributed by atoms with Crippen LogP contribution in [0.5, 0.6) is 5.75 Å². The molecule has 2 aromatic carbocycles. The van der Waals surface area contributed by atoms with E-state index < -0.39 is 5.97 Å². The molecule has 2 N–H and O–H groups in total. The molecule has 0 saturated carbocycles. The summed E-state index contributed by atoms with van der Waals surface area (Å²) < 4.78 is 6.81. The van der Waals surface area contributed by atoms with Gasteiger partial charge >= 0.3 is 5.97 Å². The first kappa shape index (κ1) is 17.0. The van der Waals surface area contributed by atoms with Gasteiger partial charge in [0.2, 0.25) is 0 Å². The summed E-state index contributed by atoms with van der Waals surface area (Å²) in [6.07, 6.45) is -0.0591. The van der Waals surface area contributed by atoms with Gasteiger partial charge in [-0.15, -0.1) is 0 Å². The number of carbonyl (C=O) groups is 2. The van der Waals surface area contributed by atoms with Gasteiger partial charge < -0.3 is 9.84 Å². The largest absolute Gasteiger partial charge is 0.564 e. The third-order valence-electron chi connectivity index (χ3n) is 4.17. The van der Waals surface area contributed by atoms with Crippen LogP contribution < -0.4 is 4.74 Å². The average Bonchev–Trinajstić information content (AvgIpc) is 2.86. The lowest BCUT2D eigenvalue weighted by Crippen LogP contribution is -2.14. The Balaban J connectivity index is 2.23. The molecular formula is C19H17ClNO4+. The predicted molar refractivity (Wildman–Crippen MR) is 96.7 cm³/mol. The molecule has 1 heterocycles. The summed E-state index contributed by atoms with van der Waals surface area (Å²) in [7, 11) is 1.55. The summed E-state index contributed by atoms with van der Waals surface area (Å²) in [5.41, 5.74) is 2.47. The molecule has 0 aliphatic carbocycles. The highest BCUT2D eigenvalue weighted by atomic mass is 35.5. The SMILES string of the molecule is COc1ccc2c(c1)c(CC(=O)[OH2+])c(C)n2C(=O)c1ccc(Cl)cc1. The molecular weight excluding hydrogens is 342 g/mol. The Labute approximate surface area is 149 Å². The highest BCUT2D eigenvalue weighted by Gasteiger charge is 2.23. The van der Waals surface area contributed by atoms with Gasteiger partial charge in [0.1, 0.15) is 12.2 Å². The van der Waals surface area contributed by atoms with E-state index in [2.05, 4.69) is 0 Å². The smallest absolute Gasteiger partial charge is 0.520 e. The van der Waals surface area contributed by atoms with Gasteiger partial charge in [0.25, 0.3) is 5.91 Å². The molecule has 6 heteroatoms. The molecule has 3 aromatic rings. The fourth-order valence-electron chi connectivity index (χ4n) is 2.96. The van der Waals surface area contributed by atoms with E-state index in [1.807, 2.05) is 0 Å². The van der Waals surface area contributed by atoms with Crippen molar-refractivity contribution in [1.29, 1.82) is 0 Å². The molecule has 5 nitrogen and oxygen atoms in total. The summed E-state index contributed by atoms with van der Waals surface area (Å²) in [4.78, 5) is 24.4. The zero-order valence-electron chi connectivity index (χ0n) is 13.8. The molecule has 0 saturated heterocycles. The van der Waals surface area contributed by atoms with Gasteiger partial charge in [0.15, 0.2) is 0 Å². The third-order valence-corrected chi connectivity index (χ3v) is 4.43. The van der Waals surface area contributed by atoms with Crippen LogP contribution in [0.3, 0.4) is 0 Å². The van der Waals surface area contributed by atoms with Gasteiger partial charge in [-0.1, -0.05) is 11.6 Å². The van der Waals surface area contributed by atoms with Crippen LogP contribution >= 0.6 is 11.6 Å². The van der Waals surface area contributed by atoms with Gasteiger partial charge in [-0.05, 0) is 55.0 Å². The van der Waals surface area contributed by atoms with Crippen molar-refractivity contribution in [3.8, 4) is 5.75 Å². The third kappa shape index (κ3) is 3.10. The lowest BCUT2D eigenvalue weighted by molar-refractivity contribution is -0.136. The quantitative estimate of drug-likeness (QED) is 0.673.